The molecule has 0 spiro atoms. The first-order valence-electron chi connectivity index (χ1n) is 9.80. The van der Waals surface area contributed by atoms with Crippen molar-refractivity contribution in [2.75, 3.05) is 17.3 Å². The van der Waals surface area contributed by atoms with Gasteiger partial charge in [0.1, 0.15) is 0 Å². The van der Waals surface area contributed by atoms with Crippen LogP contribution in [0.5, 0.6) is 0 Å². The monoisotopic (exact) mass is 394 g/mol. The maximum atomic E-state index is 10.5. The van der Waals surface area contributed by atoms with E-state index in [-0.39, 0.29) is 0 Å². The molecule has 144 valence electrons. The third-order valence-corrected chi connectivity index (χ3v) is 7.80. The van der Waals surface area contributed by atoms with Gasteiger partial charge < -0.3 is 9.84 Å². The van der Waals surface area contributed by atoms with Crippen molar-refractivity contribution in [3.63, 3.8) is 0 Å². The van der Waals surface area contributed by atoms with Crippen molar-refractivity contribution in [1.29, 1.82) is 0 Å². The number of aliphatic carboxylic acids is 1. The van der Waals surface area contributed by atoms with Gasteiger partial charge in [0, 0.05) is 12.2 Å². The summed E-state index contributed by atoms with van der Waals surface area (Å²) in [6, 6.07) is 10.7. The van der Waals surface area contributed by atoms with E-state index in [0.717, 1.165) is 36.2 Å². The summed E-state index contributed by atoms with van der Waals surface area (Å²) in [6.45, 7) is 0. The summed E-state index contributed by atoms with van der Waals surface area (Å²) in [6.07, 6.45) is 6.86. The van der Waals surface area contributed by atoms with E-state index in [0.29, 0.717) is 18.6 Å². The Kier molecular flexibility index (Phi) is 8.21. The number of thioether (sulfide) groups is 2. The molecular weight excluding hydrogens is 364 g/mol. The van der Waals surface area contributed by atoms with Crippen molar-refractivity contribution in [3.8, 4) is 0 Å². The summed E-state index contributed by atoms with van der Waals surface area (Å²) in [7, 11) is 0. The van der Waals surface area contributed by atoms with E-state index < -0.39 is 5.97 Å². The first-order valence-corrected chi connectivity index (χ1v) is 12.1. The number of rotatable bonds is 12. The third-order valence-electron chi connectivity index (χ3n) is 5.54. The Morgan fingerprint density at radius 2 is 1.81 bits per heavy atom. The van der Waals surface area contributed by atoms with E-state index in [1.54, 1.807) is 0 Å². The molecule has 5 heteroatoms. The first-order chi connectivity index (χ1) is 12.7. The Morgan fingerprint density at radius 1 is 1.04 bits per heavy atom. The van der Waals surface area contributed by atoms with Gasteiger partial charge in [-0.05, 0) is 66.8 Å². The average molecular weight is 395 g/mol. The van der Waals surface area contributed by atoms with E-state index in [1.165, 1.54) is 36.3 Å². The lowest BCUT2D eigenvalue weighted by Gasteiger charge is -2.27. The van der Waals surface area contributed by atoms with E-state index in [1.807, 2.05) is 11.8 Å². The second-order valence-corrected chi connectivity index (χ2v) is 9.63. The molecule has 0 amide bonds. The number of unbranched alkanes of at least 4 members (excludes halogenated alkanes) is 1. The fraction of sp³-hybridized carbons (Fsp3) is 0.667. The summed E-state index contributed by atoms with van der Waals surface area (Å²) in [5.41, 5.74) is 1.41. The van der Waals surface area contributed by atoms with Gasteiger partial charge in [0.2, 0.25) is 0 Å². The van der Waals surface area contributed by atoms with Crippen molar-refractivity contribution >= 4 is 29.5 Å². The highest BCUT2D eigenvalue weighted by Gasteiger charge is 2.47. The maximum Gasteiger partial charge on any atom is 0.303 e. The number of carboxylic acids is 1. The van der Waals surface area contributed by atoms with Crippen LogP contribution in [0.25, 0.3) is 0 Å². The Labute approximate surface area is 165 Å². The van der Waals surface area contributed by atoms with Gasteiger partial charge in [-0.2, -0.15) is 23.5 Å². The van der Waals surface area contributed by atoms with E-state index in [4.69, 9.17) is 9.84 Å². The molecule has 2 saturated heterocycles. The normalized spacial score (nSPS) is 27.1. The highest BCUT2D eigenvalue weighted by Crippen LogP contribution is 2.46. The van der Waals surface area contributed by atoms with Gasteiger partial charge in [0.25, 0.3) is 0 Å². The quantitative estimate of drug-likeness (QED) is 0.500. The van der Waals surface area contributed by atoms with Crippen molar-refractivity contribution in [1.82, 2.24) is 0 Å². The van der Waals surface area contributed by atoms with E-state index >= 15 is 0 Å². The van der Waals surface area contributed by atoms with Crippen LogP contribution in [0.3, 0.4) is 0 Å². The molecule has 1 aromatic carbocycles. The molecule has 2 fully saturated rings. The molecule has 4 atom stereocenters. The van der Waals surface area contributed by atoms with Crippen LogP contribution in [0.4, 0.5) is 0 Å². The summed E-state index contributed by atoms with van der Waals surface area (Å²) in [4.78, 5) is 10.5. The molecule has 1 N–H and O–H groups in total. The highest BCUT2D eigenvalue weighted by atomic mass is 32.2. The molecule has 0 aliphatic carbocycles. The molecule has 0 saturated carbocycles. The maximum absolute atomic E-state index is 10.5. The predicted molar refractivity (Wildman–Crippen MR) is 111 cm³/mol. The van der Waals surface area contributed by atoms with Gasteiger partial charge in [-0.3, -0.25) is 4.79 Å². The number of hydrogen-bond donors (Lipinski definition) is 1. The second-order valence-electron chi connectivity index (χ2n) is 7.37. The summed E-state index contributed by atoms with van der Waals surface area (Å²) < 4.78 is 6.23. The molecule has 0 aromatic heterocycles. The standard InChI is InChI=1S/C21H30O3S2/c22-21(23)8-4-5-12-25-13-11-17-18(20-10-9-19(17)24-20)15-26-14-16-6-2-1-3-7-16/h1-3,6-7,17-20H,4-5,8-15H2,(H,22,23)/t17-,18+,19-,20+/m1/s1. The summed E-state index contributed by atoms with van der Waals surface area (Å²) in [5.74, 6) is 5.35. The van der Waals surface area contributed by atoms with E-state index in [9.17, 15) is 4.79 Å². The zero-order chi connectivity index (χ0) is 18.2. The third kappa shape index (κ3) is 5.93. The van der Waals surface area contributed by atoms with Crippen molar-refractivity contribution < 1.29 is 14.6 Å². The molecule has 1 aromatic rings. The smallest absolute Gasteiger partial charge is 0.303 e. The summed E-state index contributed by atoms with van der Waals surface area (Å²) in [5, 5.41) is 8.67. The Bertz CT molecular complexity index is 551. The van der Waals surface area contributed by atoms with Crippen LogP contribution in [0.15, 0.2) is 30.3 Å². The Hall–Kier alpha value is -0.650. The van der Waals surface area contributed by atoms with Crippen LogP contribution >= 0.6 is 23.5 Å². The SMILES string of the molecule is O=C(O)CCCCSCC[C@@H]1[C@H](CSCc2ccccc2)[C@@H]2CC[C@H]1O2. The van der Waals surface area contributed by atoms with Crippen molar-refractivity contribution in [2.45, 2.75) is 56.5 Å². The molecule has 2 heterocycles. The van der Waals surface area contributed by atoms with Crippen molar-refractivity contribution in [3.05, 3.63) is 35.9 Å². The van der Waals surface area contributed by atoms with Gasteiger partial charge in [-0.15, -0.1) is 0 Å². The predicted octanol–water partition coefficient (Wildman–Crippen LogP) is 5.09. The number of fused-ring (bicyclic) bond motifs is 2. The number of carboxylic acid groups (broad SMARTS) is 1. The number of ether oxygens (including phenoxy) is 1. The molecule has 2 aliphatic rings. The molecule has 3 nitrogen and oxygen atoms in total. The lowest BCUT2D eigenvalue weighted by Crippen LogP contribution is -2.29. The van der Waals surface area contributed by atoms with E-state index in [2.05, 4.69) is 42.1 Å². The van der Waals surface area contributed by atoms with Crippen LogP contribution in [0, 0.1) is 11.8 Å². The lowest BCUT2D eigenvalue weighted by molar-refractivity contribution is -0.137. The fourth-order valence-corrected chi connectivity index (χ4v) is 6.52. The lowest BCUT2D eigenvalue weighted by atomic mass is 9.79. The minimum Gasteiger partial charge on any atom is -0.481 e. The van der Waals surface area contributed by atoms with Crippen LogP contribution in [-0.2, 0) is 15.3 Å². The zero-order valence-electron chi connectivity index (χ0n) is 15.3. The zero-order valence-corrected chi connectivity index (χ0v) is 17.0. The minimum absolute atomic E-state index is 0.307. The fourth-order valence-electron chi connectivity index (χ4n) is 4.19. The highest BCUT2D eigenvalue weighted by molar-refractivity contribution is 7.99. The number of benzene rings is 1. The molecule has 26 heavy (non-hydrogen) atoms. The largest absolute Gasteiger partial charge is 0.481 e. The summed E-state index contributed by atoms with van der Waals surface area (Å²) >= 11 is 4.04. The van der Waals surface area contributed by atoms with Gasteiger partial charge in [0.05, 0.1) is 12.2 Å². The van der Waals surface area contributed by atoms with Gasteiger partial charge in [-0.1, -0.05) is 30.3 Å². The molecule has 2 bridgehead atoms. The van der Waals surface area contributed by atoms with Gasteiger partial charge >= 0.3 is 5.97 Å². The van der Waals surface area contributed by atoms with Crippen molar-refractivity contribution in [2.24, 2.45) is 11.8 Å². The Morgan fingerprint density at radius 3 is 2.58 bits per heavy atom. The molecule has 2 aliphatic heterocycles. The van der Waals surface area contributed by atoms with Crippen LogP contribution in [0.1, 0.15) is 44.1 Å². The number of carbonyl (C=O) groups is 1. The minimum atomic E-state index is -0.676. The van der Waals surface area contributed by atoms with Crippen LogP contribution in [0.2, 0.25) is 0 Å². The molecule has 0 unspecified atom stereocenters. The van der Waals surface area contributed by atoms with Gasteiger partial charge in [-0.25, -0.2) is 0 Å². The molecular formula is C21H30O3S2. The average Bonchev–Trinajstić information content (AvgIpc) is 3.24. The van der Waals surface area contributed by atoms with Crippen LogP contribution < -0.4 is 0 Å². The van der Waals surface area contributed by atoms with Crippen LogP contribution in [-0.4, -0.2) is 40.5 Å². The van der Waals surface area contributed by atoms with Gasteiger partial charge in [0.15, 0.2) is 0 Å². The first kappa shape index (κ1) is 20.1. The number of hydrogen-bond acceptors (Lipinski definition) is 4. The topological polar surface area (TPSA) is 46.5 Å². The molecule has 0 radical (unpaired) electrons. The second kappa shape index (κ2) is 10.6. The molecule has 3 rings (SSSR count). The Balaban J connectivity index is 1.35.